The number of rotatable bonds is 1. The highest BCUT2D eigenvalue weighted by molar-refractivity contribution is 5.53. The zero-order valence-corrected chi connectivity index (χ0v) is 12.1. The molecule has 0 aliphatic heterocycles. The fourth-order valence-electron chi connectivity index (χ4n) is 2.08. The van der Waals surface area contributed by atoms with E-state index in [4.69, 9.17) is 0 Å². The van der Waals surface area contributed by atoms with Crippen molar-refractivity contribution in [1.29, 1.82) is 0 Å². The Labute approximate surface area is 109 Å². The summed E-state index contributed by atoms with van der Waals surface area (Å²) in [5.74, 6) is 0. The second-order valence-electron chi connectivity index (χ2n) is 6.78. The molecule has 3 heteroatoms. The number of nitro benzene ring substituents is 1. The van der Waals surface area contributed by atoms with Crippen LogP contribution in [-0.2, 0) is 10.8 Å². The maximum Gasteiger partial charge on any atom is 0.273 e. The SMILES string of the molecule is [CH2]c1cc([N+](=O)[O-])c(C(C)(C)C)cc1C(C)(C)C. The molecule has 0 amide bonds. The van der Waals surface area contributed by atoms with Gasteiger partial charge in [-0.25, -0.2) is 0 Å². The Bertz CT molecular complexity index is 476. The Hall–Kier alpha value is -1.38. The van der Waals surface area contributed by atoms with Crippen LogP contribution in [0.5, 0.6) is 0 Å². The lowest BCUT2D eigenvalue weighted by atomic mass is 9.78. The van der Waals surface area contributed by atoms with Gasteiger partial charge in [0.2, 0.25) is 0 Å². The summed E-state index contributed by atoms with van der Waals surface area (Å²) in [6, 6.07) is 3.54. The van der Waals surface area contributed by atoms with Gasteiger partial charge >= 0.3 is 0 Å². The molecule has 0 saturated heterocycles. The van der Waals surface area contributed by atoms with Crippen molar-refractivity contribution in [2.45, 2.75) is 52.4 Å². The van der Waals surface area contributed by atoms with Crippen molar-refractivity contribution in [3.05, 3.63) is 45.9 Å². The molecule has 0 aliphatic carbocycles. The first-order valence-corrected chi connectivity index (χ1v) is 6.10. The van der Waals surface area contributed by atoms with E-state index in [0.29, 0.717) is 0 Å². The summed E-state index contributed by atoms with van der Waals surface area (Å²) in [7, 11) is 0. The third-order valence-corrected chi connectivity index (χ3v) is 3.03. The number of nitrogens with zero attached hydrogens (tertiary/aromatic N) is 1. The average molecular weight is 248 g/mol. The predicted molar refractivity (Wildman–Crippen MR) is 75.0 cm³/mol. The maximum atomic E-state index is 11.2. The largest absolute Gasteiger partial charge is 0.273 e. The van der Waals surface area contributed by atoms with Crippen LogP contribution in [0, 0.1) is 17.0 Å². The van der Waals surface area contributed by atoms with Crippen molar-refractivity contribution in [2.24, 2.45) is 0 Å². The quantitative estimate of drug-likeness (QED) is 0.547. The summed E-state index contributed by atoms with van der Waals surface area (Å²) in [6.45, 7) is 16.2. The highest BCUT2D eigenvalue weighted by Gasteiger charge is 2.28. The summed E-state index contributed by atoms with van der Waals surface area (Å²) in [5, 5.41) is 11.2. The standard InChI is InChI=1S/C15H22NO2/c1-10-8-13(16(17)18)12(15(5,6)7)9-11(10)14(2,3)4/h8-9H,1H2,2-7H3. The van der Waals surface area contributed by atoms with Gasteiger partial charge in [-0.3, -0.25) is 10.1 Å². The molecule has 1 aromatic rings. The molecule has 0 bridgehead atoms. The molecule has 1 radical (unpaired) electrons. The van der Waals surface area contributed by atoms with Crippen LogP contribution >= 0.6 is 0 Å². The van der Waals surface area contributed by atoms with Crippen LogP contribution in [0.2, 0.25) is 0 Å². The first-order chi connectivity index (χ1) is 7.94. The Morgan fingerprint density at radius 3 is 1.78 bits per heavy atom. The van der Waals surface area contributed by atoms with Gasteiger partial charge in [-0.1, -0.05) is 41.5 Å². The summed E-state index contributed by atoms with van der Waals surface area (Å²) in [5.41, 5.74) is 2.42. The van der Waals surface area contributed by atoms with E-state index in [1.165, 1.54) is 0 Å². The Balaban J connectivity index is 3.62. The summed E-state index contributed by atoms with van der Waals surface area (Å²) in [4.78, 5) is 10.8. The van der Waals surface area contributed by atoms with Gasteiger partial charge in [-0.15, -0.1) is 0 Å². The molecule has 0 N–H and O–H groups in total. The molecule has 1 aromatic carbocycles. The number of benzene rings is 1. The van der Waals surface area contributed by atoms with E-state index < -0.39 is 0 Å². The molecule has 0 heterocycles. The van der Waals surface area contributed by atoms with E-state index in [1.807, 2.05) is 26.8 Å². The minimum absolute atomic E-state index is 0.0633. The van der Waals surface area contributed by atoms with E-state index >= 15 is 0 Å². The lowest BCUT2D eigenvalue weighted by Gasteiger charge is -2.26. The highest BCUT2D eigenvalue weighted by atomic mass is 16.6. The van der Waals surface area contributed by atoms with Crippen LogP contribution in [0.1, 0.15) is 58.2 Å². The van der Waals surface area contributed by atoms with Crippen LogP contribution in [0.3, 0.4) is 0 Å². The van der Waals surface area contributed by atoms with E-state index in [1.54, 1.807) is 6.07 Å². The fraction of sp³-hybridized carbons (Fsp3) is 0.533. The van der Waals surface area contributed by atoms with Crippen LogP contribution in [0.15, 0.2) is 12.1 Å². The van der Waals surface area contributed by atoms with Gasteiger partial charge in [0, 0.05) is 11.6 Å². The highest BCUT2D eigenvalue weighted by Crippen LogP contribution is 2.37. The number of nitro groups is 1. The van der Waals surface area contributed by atoms with Gasteiger partial charge in [0.15, 0.2) is 0 Å². The monoisotopic (exact) mass is 248 g/mol. The Morgan fingerprint density at radius 2 is 1.44 bits per heavy atom. The number of hydrogen-bond donors (Lipinski definition) is 0. The molecule has 0 unspecified atom stereocenters. The molecule has 1 rings (SSSR count). The minimum atomic E-state index is -0.318. The normalized spacial score (nSPS) is 12.6. The predicted octanol–water partition coefficient (Wildman–Crippen LogP) is 4.37. The van der Waals surface area contributed by atoms with Crippen molar-refractivity contribution in [2.75, 3.05) is 0 Å². The van der Waals surface area contributed by atoms with Gasteiger partial charge < -0.3 is 0 Å². The fourth-order valence-corrected chi connectivity index (χ4v) is 2.08. The third kappa shape index (κ3) is 2.89. The van der Waals surface area contributed by atoms with E-state index in [0.717, 1.165) is 16.7 Å². The van der Waals surface area contributed by atoms with Crippen molar-refractivity contribution in [3.63, 3.8) is 0 Å². The molecule has 0 atom stereocenters. The Kier molecular flexibility index (Phi) is 3.57. The van der Waals surface area contributed by atoms with Crippen LogP contribution < -0.4 is 0 Å². The van der Waals surface area contributed by atoms with Crippen molar-refractivity contribution in [1.82, 2.24) is 0 Å². The van der Waals surface area contributed by atoms with Crippen molar-refractivity contribution >= 4 is 5.69 Å². The molecular weight excluding hydrogens is 226 g/mol. The lowest BCUT2D eigenvalue weighted by Crippen LogP contribution is -2.19. The molecule has 0 aromatic heterocycles. The molecule has 0 saturated carbocycles. The molecular formula is C15H22NO2. The minimum Gasteiger partial charge on any atom is -0.258 e. The van der Waals surface area contributed by atoms with Crippen molar-refractivity contribution in [3.8, 4) is 0 Å². The second kappa shape index (κ2) is 4.38. The molecule has 3 nitrogen and oxygen atoms in total. The average Bonchev–Trinajstić information content (AvgIpc) is 2.12. The number of hydrogen-bond acceptors (Lipinski definition) is 2. The van der Waals surface area contributed by atoms with E-state index in [9.17, 15) is 10.1 Å². The van der Waals surface area contributed by atoms with Gasteiger partial charge in [-0.05, 0) is 34.9 Å². The van der Waals surface area contributed by atoms with Crippen LogP contribution in [-0.4, -0.2) is 4.92 Å². The topological polar surface area (TPSA) is 43.1 Å². The first kappa shape index (κ1) is 14.7. The van der Waals surface area contributed by atoms with E-state index in [-0.39, 0.29) is 21.4 Å². The van der Waals surface area contributed by atoms with Crippen LogP contribution in [0.4, 0.5) is 5.69 Å². The third-order valence-electron chi connectivity index (χ3n) is 3.03. The summed E-state index contributed by atoms with van der Waals surface area (Å²) in [6.07, 6.45) is 0. The van der Waals surface area contributed by atoms with Gasteiger partial charge in [0.25, 0.3) is 5.69 Å². The lowest BCUT2D eigenvalue weighted by molar-refractivity contribution is -0.386. The van der Waals surface area contributed by atoms with Gasteiger partial charge in [0.1, 0.15) is 0 Å². The smallest absolute Gasteiger partial charge is 0.258 e. The Morgan fingerprint density at radius 1 is 1.00 bits per heavy atom. The summed E-state index contributed by atoms with van der Waals surface area (Å²) < 4.78 is 0. The van der Waals surface area contributed by atoms with Gasteiger partial charge in [-0.2, -0.15) is 0 Å². The zero-order valence-electron chi connectivity index (χ0n) is 12.1. The molecule has 0 aliphatic rings. The second-order valence-corrected chi connectivity index (χ2v) is 6.78. The van der Waals surface area contributed by atoms with Gasteiger partial charge in [0.05, 0.1) is 4.92 Å². The summed E-state index contributed by atoms with van der Waals surface area (Å²) >= 11 is 0. The molecule has 0 fully saturated rings. The van der Waals surface area contributed by atoms with Crippen molar-refractivity contribution < 1.29 is 4.92 Å². The first-order valence-electron chi connectivity index (χ1n) is 6.10. The zero-order chi connectivity index (χ0) is 14.3. The molecule has 0 spiro atoms. The molecule has 18 heavy (non-hydrogen) atoms. The maximum absolute atomic E-state index is 11.2. The van der Waals surface area contributed by atoms with E-state index in [2.05, 4.69) is 27.7 Å². The van der Waals surface area contributed by atoms with Crippen LogP contribution in [0.25, 0.3) is 0 Å². The molecule has 99 valence electrons.